The van der Waals surface area contributed by atoms with Crippen LogP contribution in [0.2, 0.25) is 0 Å². The summed E-state index contributed by atoms with van der Waals surface area (Å²) >= 11 is 0. The van der Waals surface area contributed by atoms with Gasteiger partial charge in [0.1, 0.15) is 12.3 Å². The molecule has 1 saturated heterocycles. The van der Waals surface area contributed by atoms with Crippen molar-refractivity contribution in [3.05, 3.63) is 24.3 Å². The Labute approximate surface area is 184 Å². The Morgan fingerprint density at radius 2 is 1.86 bits per heavy atom. The molecule has 9 heteroatoms. The first-order valence-corrected chi connectivity index (χ1v) is 9.36. The van der Waals surface area contributed by atoms with Crippen molar-refractivity contribution in [1.29, 1.82) is 0 Å². The lowest BCUT2D eigenvalue weighted by Gasteiger charge is -2.38. The highest BCUT2D eigenvalue weighted by Crippen LogP contribution is 2.28. The predicted molar refractivity (Wildman–Crippen MR) is 123 cm³/mol. The molecule has 1 aliphatic rings. The average Bonchev–Trinajstić information content (AvgIpc) is 2.71. The molecule has 1 fully saturated rings. The van der Waals surface area contributed by atoms with E-state index in [2.05, 4.69) is 31.5 Å². The molecule has 1 aromatic carbocycles. The number of nitrogens with one attached hydrogen (secondary N) is 2. The maximum absolute atomic E-state index is 11.9. The summed E-state index contributed by atoms with van der Waals surface area (Å²) in [4.78, 5) is 20.9. The predicted octanol–water partition coefficient (Wildman–Crippen LogP) is 1.16. The van der Waals surface area contributed by atoms with Gasteiger partial charge in [0, 0.05) is 46.4 Å². The van der Waals surface area contributed by atoms with E-state index in [9.17, 15) is 4.79 Å². The van der Waals surface area contributed by atoms with E-state index in [4.69, 9.17) is 9.47 Å². The minimum atomic E-state index is -0.102. The zero-order chi connectivity index (χ0) is 19.5. The van der Waals surface area contributed by atoms with Crippen LogP contribution in [0.3, 0.4) is 0 Å². The van der Waals surface area contributed by atoms with Crippen LogP contribution in [-0.2, 0) is 9.53 Å². The third-order valence-corrected chi connectivity index (χ3v) is 4.34. The lowest BCUT2D eigenvalue weighted by atomic mass is 10.2. The molecule has 158 valence electrons. The molecular formula is C19H32IN5O3. The number of piperazine rings is 1. The third-order valence-electron chi connectivity index (χ3n) is 4.34. The molecule has 0 radical (unpaired) electrons. The van der Waals surface area contributed by atoms with Gasteiger partial charge >= 0.3 is 0 Å². The molecule has 8 nitrogen and oxygen atoms in total. The van der Waals surface area contributed by atoms with Crippen molar-refractivity contribution in [3.8, 4) is 5.75 Å². The Hall–Kier alpha value is -1.75. The maximum Gasteiger partial charge on any atom is 0.241 e. The van der Waals surface area contributed by atoms with Gasteiger partial charge in [-0.25, -0.2) is 4.99 Å². The molecule has 0 saturated carbocycles. The summed E-state index contributed by atoms with van der Waals surface area (Å²) in [6.45, 7) is 7.29. The molecule has 0 spiro atoms. The number of carbonyl (C=O) groups is 1. The van der Waals surface area contributed by atoms with Gasteiger partial charge in [-0.15, -0.1) is 24.0 Å². The molecule has 1 aliphatic heterocycles. The molecule has 2 rings (SSSR count). The van der Waals surface area contributed by atoms with E-state index >= 15 is 0 Å². The van der Waals surface area contributed by atoms with Crippen molar-refractivity contribution in [2.75, 3.05) is 71.5 Å². The number of halogens is 1. The van der Waals surface area contributed by atoms with Crippen LogP contribution in [0.25, 0.3) is 0 Å². The standard InChI is InChI=1S/C19H31N5O3.HI/c1-4-20-19(22-15-18(25)21-9-14-26-2)24-12-10-23(11-13-24)16-7-5-6-8-17(16)27-3;/h5-8H,4,9-15H2,1-3H3,(H,20,22)(H,21,25);1H. The number of guanidine groups is 1. The average molecular weight is 505 g/mol. The molecule has 1 aromatic rings. The topological polar surface area (TPSA) is 78.4 Å². The fraction of sp³-hybridized carbons (Fsp3) is 0.579. The highest BCUT2D eigenvalue weighted by molar-refractivity contribution is 14.0. The summed E-state index contributed by atoms with van der Waals surface area (Å²) in [5.74, 6) is 1.56. The molecular weight excluding hydrogens is 473 g/mol. The third kappa shape index (κ3) is 7.34. The molecule has 0 bridgehead atoms. The van der Waals surface area contributed by atoms with Gasteiger partial charge < -0.3 is 29.9 Å². The summed E-state index contributed by atoms with van der Waals surface area (Å²) in [6.07, 6.45) is 0. The van der Waals surface area contributed by atoms with Crippen molar-refractivity contribution < 1.29 is 14.3 Å². The number of methoxy groups -OCH3 is 2. The van der Waals surface area contributed by atoms with Gasteiger partial charge in [-0.2, -0.15) is 0 Å². The van der Waals surface area contributed by atoms with Gasteiger partial charge in [0.05, 0.1) is 19.4 Å². The number of nitrogens with zero attached hydrogens (tertiary/aromatic N) is 3. The van der Waals surface area contributed by atoms with Crippen molar-refractivity contribution in [2.45, 2.75) is 6.92 Å². The van der Waals surface area contributed by atoms with Crippen molar-refractivity contribution in [3.63, 3.8) is 0 Å². The molecule has 0 unspecified atom stereocenters. The number of ether oxygens (including phenoxy) is 2. The highest BCUT2D eigenvalue weighted by Gasteiger charge is 2.21. The second-order valence-electron chi connectivity index (χ2n) is 6.16. The number of carbonyl (C=O) groups excluding carboxylic acids is 1. The minimum absolute atomic E-state index is 0. The Morgan fingerprint density at radius 1 is 1.14 bits per heavy atom. The van der Waals surface area contributed by atoms with Crippen LogP contribution < -0.4 is 20.3 Å². The molecule has 0 aliphatic carbocycles. The van der Waals surface area contributed by atoms with E-state index in [1.54, 1.807) is 14.2 Å². The van der Waals surface area contributed by atoms with Crippen LogP contribution in [-0.4, -0.2) is 83.4 Å². The number of aliphatic imine (C=N–C) groups is 1. The Morgan fingerprint density at radius 3 is 2.50 bits per heavy atom. The first kappa shape index (κ1) is 24.3. The second kappa shape index (κ2) is 13.4. The van der Waals surface area contributed by atoms with Crippen LogP contribution in [0.4, 0.5) is 5.69 Å². The Balaban J connectivity index is 0.00000392. The number of hydrogen-bond acceptors (Lipinski definition) is 5. The zero-order valence-electron chi connectivity index (χ0n) is 16.9. The molecule has 1 heterocycles. The zero-order valence-corrected chi connectivity index (χ0v) is 19.3. The number of anilines is 1. The summed E-state index contributed by atoms with van der Waals surface area (Å²) in [5.41, 5.74) is 1.11. The number of hydrogen-bond donors (Lipinski definition) is 2. The second-order valence-corrected chi connectivity index (χ2v) is 6.16. The lowest BCUT2D eigenvalue weighted by molar-refractivity contribution is -0.119. The molecule has 1 amide bonds. The normalized spacial score (nSPS) is 14.3. The van der Waals surface area contributed by atoms with E-state index in [1.165, 1.54) is 0 Å². The molecule has 0 atom stereocenters. The SMILES string of the molecule is CCNC(=NCC(=O)NCCOC)N1CCN(c2ccccc2OC)CC1.I. The van der Waals surface area contributed by atoms with Crippen molar-refractivity contribution in [2.24, 2.45) is 4.99 Å². The van der Waals surface area contributed by atoms with E-state index < -0.39 is 0 Å². The molecule has 2 N–H and O–H groups in total. The quantitative estimate of drug-likeness (QED) is 0.239. The largest absolute Gasteiger partial charge is 0.495 e. The van der Waals surface area contributed by atoms with Gasteiger partial charge in [-0.3, -0.25) is 4.79 Å². The van der Waals surface area contributed by atoms with Crippen LogP contribution in [0.15, 0.2) is 29.3 Å². The maximum atomic E-state index is 11.9. The van der Waals surface area contributed by atoms with Crippen molar-refractivity contribution >= 4 is 41.5 Å². The van der Waals surface area contributed by atoms with Crippen LogP contribution in [0, 0.1) is 0 Å². The number of rotatable bonds is 8. The van der Waals surface area contributed by atoms with E-state index in [0.29, 0.717) is 13.2 Å². The summed E-state index contributed by atoms with van der Waals surface area (Å²) in [6, 6.07) is 8.07. The number of para-hydroxylation sites is 2. The smallest absolute Gasteiger partial charge is 0.241 e. The van der Waals surface area contributed by atoms with Crippen LogP contribution >= 0.6 is 24.0 Å². The fourth-order valence-electron chi connectivity index (χ4n) is 2.97. The summed E-state index contributed by atoms with van der Waals surface area (Å²) < 4.78 is 10.4. The first-order chi connectivity index (χ1) is 13.2. The Bertz CT molecular complexity index is 621. The van der Waals surface area contributed by atoms with Crippen molar-refractivity contribution in [1.82, 2.24) is 15.5 Å². The van der Waals surface area contributed by atoms with Gasteiger partial charge in [0.25, 0.3) is 0 Å². The lowest BCUT2D eigenvalue weighted by Crippen LogP contribution is -2.52. The first-order valence-electron chi connectivity index (χ1n) is 9.36. The summed E-state index contributed by atoms with van der Waals surface area (Å²) in [7, 11) is 3.31. The number of benzene rings is 1. The van der Waals surface area contributed by atoms with Crippen LogP contribution in [0.5, 0.6) is 5.75 Å². The van der Waals surface area contributed by atoms with Gasteiger partial charge in [0.2, 0.25) is 5.91 Å². The number of amides is 1. The van der Waals surface area contributed by atoms with E-state index in [1.807, 2.05) is 25.1 Å². The van der Waals surface area contributed by atoms with E-state index in [0.717, 1.165) is 50.1 Å². The minimum Gasteiger partial charge on any atom is -0.495 e. The summed E-state index contributed by atoms with van der Waals surface area (Å²) in [5, 5.41) is 6.07. The van der Waals surface area contributed by atoms with Crippen LogP contribution in [0.1, 0.15) is 6.92 Å². The van der Waals surface area contributed by atoms with Gasteiger partial charge in [-0.1, -0.05) is 12.1 Å². The van der Waals surface area contributed by atoms with Gasteiger partial charge in [0.15, 0.2) is 5.96 Å². The molecule has 28 heavy (non-hydrogen) atoms. The van der Waals surface area contributed by atoms with E-state index in [-0.39, 0.29) is 36.4 Å². The molecule has 0 aromatic heterocycles. The fourth-order valence-corrected chi connectivity index (χ4v) is 2.97. The monoisotopic (exact) mass is 505 g/mol. The van der Waals surface area contributed by atoms with Gasteiger partial charge in [-0.05, 0) is 19.1 Å². The highest BCUT2D eigenvalue weighted by atomic mass is 127. The Kier molecular flexibility index (Phi) is 11.7.